The Labute approximate surface area is 212 Å². The summed E-state index contributed by atoms with van der Waals surface area (Å²) in [6, 6.07) is 0.458. The lowest BCUT2D eigenvalue weighted by atomic mass is 9.84. The molecule has 3 fully saturated rings. The predicted octanol–water partition coefficient (Wildman–Crippen LogP) is 3.30. The molecule has 3 aliphatic rings. The normalized spacial score (nSPS) is 27.7. The van der Waals surface area contributed by atoms with E-state index in [1.54, 1.807) is 0 Å². The number of halogens is 1. The minimum absolute atomic E-state index is 0. The van der Waals surface area contributed by atoms with Gasteiger partial charge in [-0.1, -0.05) is 13.3 Å². The second-order valence-corrected chi connectivity index (χ2v) is 10.0. The molecule has 4 heterocycles. The van der Waals surface area contributed by atoms with Crippen LogP contribution in [0.4, 0.5) is 0 Å². The lowest BCUT2D eigenvalue weighted by Crippen LogP contribution is -2.58. The van der Waals surface area contributed by atoms with Crippen molar-refractivity contribution in [3.8, 4) is 0 Å². The van der Waals surface area contributed by atoms with Gasteiger partial charge in [-0.05, 0) is 78.2 Å². The van der Waals surface area contributed by atoms with Gasteiger partial charge in [-0.3, -0.25) is 9.89 Å². The molecule has 0 spiro atoms. The van der Waals surface area contributed by atoms with Gasteiger partial charge in [-0.2, -0.15) is 0 Å². The minimum Gasteiger partial charge on any atom is -0.357 e. The van der Waals surface area contributed by atoms with E-state index in [0.29, 0.717) is 12.0 Å². The quantitative estimate of drug-likeness (QED) is 0.342. The molecule has 8 heteroatoms. The van der Waals surface area contributed by atoms with Crippen molar-refractivity contribution in [2.75, 3.05) is 59.4 Å². The maximum absolute atomic E-state index is 5.32. The molecule has 0 aliphatic carbocycles. The molecule has 2 atom stereocenters. The monoisotopic (exact) mass is 557 g/mol. The van der Waals surface area contributed by atoms with Crippen molar-refractivity contribution in [2.24, 2.45) is 10.9 Å². The zero-order chi connectivity index (χ0) is 21.7. The van der Waals surface area contributed by atoms with Crippen LogP contribution in [0.3, 0.4) is 0 Å². The fourth-order valence-electron chi connectivity index (χ4n) is 5.72. The predicted molar refractivity (Wildman–Crippen MR) is 143 cm³/mol. The zero-order valence-corrected chi connectivity index (χ0v) is 22.7. The summed E-state index contributed by atoms with van der Waals surface area (Å²) >= 11 is 0. The number of hydrogen-bond acceptors (Lipinski definition) is 4. The highest BCUT2D eigenvalue weighted by atomic mass is 127. The Morgan fingerprint density at radius 1 is 1.12 bits per heavy atom. The molecule has 3 aliphatic heterocycles. The molecule has 0 radical (unpaired) electrons. The van der Waals surface area contributed by atoms with Crippen molar-refractivity contribution < 1.29 is 0 Å². The Balaban J connectivity index is 0.00000289. The summed E-state index contributed by atoms with van der Waals surface area (Å²) in [5.41, 5.74) is 0.237. The van der Waals surface area contributed by atoms with E-state index >= 15 is 0 Å². The molecule has 7 nitrogen and oxygen atoms in total. The summed E-state index contributed by atoms with van der Waals surface area (Å²) in [7, 11) is 2.26. The van der Waals surface area contributed by atoms with Crippen molar-refractivity contribution in [3.63, 3.8) is 0 Å². The van der Waals surface area contributed by atoms with Crippen LogP contribution in [0.1, 0.15) is 58.4 Å². The van der Waals surface area contributed by atoms with Crippen LogP contribution >= 0.6 is 24.0 Å². The Bertz CT molecular complexity index is 693. The van der Waals surface area contributed by atoms with Gasteiger partial charge in [0, 0.05) is 37.6 Å². The summed E-state index contributed by atoms with van der Waals surface area (Å²) in [6.45, 7) is 13.4. The first-order chi connectivity index (χ1) is 15.1. The standard InChI is InChI=1S/C24H43N7.HI/c1-4-26-23(29-14-8-21(2)22(18-29)30-17-11-25-20-30)27-19-24(9-15-28(3)16-10-24)31-12-6-5-7-13-31;/h11,17,20-22H,4-10,12-16,18-19H2,1-3H3,(H,26,27);1H. The van der Waals surface area contributed by atoms with Crippen LogP contribution in [-0.4, -0.2) is 95.2 Å². The van der Waals surface area contributed by atoms with Crippen molar-refractivity contribution >= 4 is 29.9 Å². The van der Waals surface area contributed by atoms with Gasteiger partial charge in [0.1, 0.15) is 0 Å². The van der Waals surface area contributed by atoms with Gasteiger partial charge in [0.15, 0.2) is 5.96 Å². The molecule has 1 aromatic heterocycles. The SMILES string of the molecule is CCNC(=NCC1(N2CCCCC2)CCN(C)CC1)N1CCC(C)C(n2ccnc2)C1.I. The third-order valence-electron chi connectivity index (χ3n) is 7.93. The number of aliphatic imine (C=N–C) groups is 1. The van der Waals surface area contributed by atoms with Crippen LogP contribution in [0.2, 0.25) is 0 Å². The van der Waals surface area contributed by atoms with E-state index in [4.69, 9.17) is 4.99 Å². The number of hydrogen-bond donors (Lipinski definition) is 1. The number of piperidine rings is 3. The van der Waals surface area contributed by atoms with Gasteiger partial charge in [0.2, 0.25) is 0 Å². The molecule has 0 aromatic carbocycles. The third-order valence-corrected chi connectivity index (χ3v) is 7.93. The Morgan fingerprint density at radius 2 is 1.88 bits per heavy atom. The minimum atomic E-state index is 0. The second-order valence-electron chi connectivity index (χ2n) is 10.0. The lowest BCUT2D eigenvalue weighted by Gasteiger charge is -2.49. The summed E-state index contributed by atoms with van der Waals surface area (Å²) in [5.74, 6) is 1.76. The van der Waals surface area contributed by atoms with E-state index in [1.165, 1.54) is 64.7 Å². The van der Waals surface area contributed by atoms with Crippen LogP contribution < -0.4 is 5.32 Å². The topological polar surface area (TPSA) is 51.9 Å². The zero-order valence-electron chi connectivity index (χ0n) is 20.4. The van der Waals surface area contributed by atoms with Gasteiger partial charge in [0.05, 0.1) is 18.9 Å². The van der Waals surface area contributed by atoms with Gasteiger partial charge >= 0.3 is 0 Å². The molecule has 182 valence electrons. The highest BCUT2D eigenvalue weighted by molar-refractivity contribution is 14.0. The average Bonchev–Trinajstić information content (AvgIpc) is 3.34. The molecule has 32 heavy (non-hydrogen) atoms. The molecule has 2 unspecified atom stereocenters. The van der Waals surface area contributed by atoms with Crippen molar-refractivity contribution in [1.82, 2.24) is 29.6 Å². The van der Waals surface area contributed by atoms with Crippen LogP contribution in [-0.2, 0) is 0 Å². The van der Waals surface area contributed by atoms with Crippen LogP contribution in [0.15, 0.2) is 23.7 Å². The molecule has 3 saturated heterocycles. The summed E-state index contributed by atoms with van der Waals surface area (Å²) in [6.07, 6.45) is 13.7. The molecule has 0 saturated carbocycles. The molecule has 0 bridgehead atoms. The lowest BCUT2D eigenvalue weighted by molar-refractivity contribution is 0.0205. The molecule has 1 N–H and O–H groups in total. The average molecular weight is 558 g/mol. The van der Waals surface area contributed by atoms with E-state index in [0.717, 1.165) is 32.1 Å². The number of nitrogens with one attached hydrogen (secondary N) is 1. The first-order valence-corrected chi connectivity index (χ1v) is 12.6. The van der Waals surface area contributed by atoms with E-state index in [1.807, 2.05) is 12.5 Å². The van der Waals surface area contributed by atoms with Crippen molar-refractivity contribution in [1.29, 1.82) is 0 Å². The van der Waals surface area contributed by atoms with E-state index in [2.05, 4.69) is 56.7 Å². The number of nitrogens with zero attached hydrogens (tertiary/aromatic N) is 6. The molecule has 0 amide bonds. The van der Waals surface area contributed by atoms with Crippen molar-refractivity contribution in [3.05, 3.63) is 18.7 Å². The highest BCUT2D eigenvalue weighted by Crippen LogP contribution is 2.32. The largest absolute Gasteiger partial charge is 0.357 e. The second kappa shape index (κ2) is 12.0. The van der Waals surface area contributed by atoms with E-state index in [-0.39, 0.29) is 29.5 Å². The summed E-state index contributed by atoms with van der Waals surface area (Å²) in [4.78, 5) is 17.4. The Morgan fingerprint density at radius 3 is 2.53 bits per heavy atom. The summed E-state index contributed by atoms with van der Waals surface area (Å²) < 4.78 is 2.28. The Kier molecular flexibility index (Phi) is 9.67. The van der Waals surface area contributed by atoms with Gasteiger partial charge < -0.3 is 19.7 Å². The van der Waals surface area contributed by atoms with Crippen LogP contribution in [0, 0.1) is 5.92 Å². The third kappa shape index (κ3) is 5.97. The fraction of sp³-hybridized carbons (Fsp3) is 0.833. The molecular weight excluding hydrogens is 513 g/mol. The van der Waals surface area contributed by atoms with Crippen LogP contribution in [0.25, 0.3) is 0 Å². The number of likely N-dealkylation sites (tertiary alicyclic amines) is 3. The molecule has 1 aromatic rings. The number of imidazole rings is 1. The van der Waals surface area contributed by atoms with E-state index < -0.39 is 0 Å². The van der Waals surface area contributed by atoms with Gasteiger partial charge in [0.25, 0.3) is 0 Å². The number of guanidine groups is 1. The molecule has 4 rings (SSSR count). The van der Waals surface area contributed by atoms with Crippen molar-refractivity contribution in [2.45, 2.75) is 64.0 Å². The highest BCUT2D eigenvalue weighted by Gasteiger charge is 2.40. The molecular formula is C24H44IN7. The maximum Gasteiger partial charge on any atom is 0.194 e. The maximum atomic E-state index is 5.32. The van der Waals surface area contributed by atoms with Gasteiger partial charge in [-0.15, -0.1) is 24.0 Å². The smallest absolute Gasteiger partial charge is 0.194 e. The fourth-order valence-corrected chi connectivity index (χ4v) is 5.72. The Hall–Kier alpha value is -0.870. The van der Waals surface area contributed by atoms with Crippen LogP contribution in [0.5, 0.6) is 0 Å². The summed E-state index contributed by atoms with van der Waals surface area (Å²) in [5, 5.41) is 3.62. The number of aromatic nitrogens is 2. The first kappa shape index (κ1) is 25.7. The first-order valence-electron chi connectivity index (χ1n) is 12.6. The van der Waals surface area contributed by atoms with E-state index in [9.17, 15) is 0 Å². The van der Waals surface area contributed by atoms with Gasteiger partial charge in [-0.25, -0.2) is 4.98 Å². The number of rotatable bonds is 5.